The van der Waals surface area contributed by atoms with Gasteiger partial charge in [0.15, 0.2) is 0 Å². The molecule has 0 atom stereocenters. The van der Waals surface area contributed by atoms with Crippen LogP contribution in [-0.2, 0) is 11.3 Å². The number of hydrogen-bond donors (Lipinski definition) is 1. The van der Waals surface area contributed by atoms with E-state index in [4.69, 9.17) is 0 Å². The molecular weight excluding hydrogens is 292 g/mol. The Morgan fingerprint density at radius 3 is 2.83 bits per heavy atom. The van der Waals surface area contributed by atoms with E-state index in [1.807, 2.05) is 25.1 Å². The van der Waals surface area contributed by atoms with Gasteiger partial charge >= 0.3 is 0 Å². The molecule has 1 saturated heterocycles. The van der Waals surface area contributed by atoms with E-state index in [1.165, 1.54) is 4.68 Å². The number of carbonyl (C=O) groups is 1. The van der Waals surface area contributed by atoms with Gasteiger partial charge in [0.25, 0.3) is 5.56 Å². The fraction of sp³-hybridized carbons (Fsp3) is 0.353. The van der Waals surface area contributed by atoms with Crippen molar-refractivity contribution in [1.82, 2.24) is 19.7 Å². The van der Waals surface area contributed by atoms with Crippen LogP contribution in [0.15, 0.2) is 29.2 Å². The molecule has 4 rings (SSSR count). The third kappa shape index (κ3) is 2.30. The molecule has 0 bridgehead atoms. The average molecular weight is 310 g/mol. The lowest BCUT2D eigenvalue weighted by Crippen LogP contribution is -2.35. The second-order valence-corrected chi connectivity index (χ2v) is 6.16. The highest BCUT2D eigenvalue weighted by Gasteiger charge is 2.19. The quantitative estimate of drug-likeness (QED) is 0.784. The molecular formula is C17H18N4O2. The number of hydrogen-bond acceptors (Lipinski definition) is 3. The van der Waals surface area contributed by atoms with E-state index in [0.29, 0.717) is 5.52 Å². The zero-order valence-corrected chi connectivity index (χ0v) is 13.0. The zero-order valence-electron chi connectivity index (χ0n) is 13.0. The van der Waals surface area contributed by atoms with E-state index in [-0.39, 0.29) is 18.0 Å². The van der Waals surface area contributed by atoms with E-state index >= 15 is 0 Å². The Hall–Kier alpha value is -2.63. The van der Waals surface area contributed by atoms with Crippen LogP contribution in [0.25, 0.3) is 21.8 Å². The van der Waals surface area contributed by atoms with Gasteiger partial charge in [0.05, 0.1) is 6.20 Å². The van der Waals surface area contributed by atoms with Gasteiger partial charge in [0, 0.05) is 29.4 Å². The molecule has 0 spiro atoms. The average Bonchev–Trinajstić information content (AvgIpc) is 3.18. The summed E-state index contributed by atoms with van der Waals surface area (Å²) >= 11 is 0. The Balaban J connectivity index is 1.77. The summed E-state index contributed by atoms with van der Waals surface area (Å²) in [6.07, 6.45) is 3.75. The number of aryl methyl sites for hydroxylation is 1. The largest absolute Gasteiger partial charge is 0.350 e. The maximum Gasteiger partial charge on any atom is 0.291 e. The number of likely N-dealkylation sites (tertiary alicyclic amines) is 1. The van der Waals surface area contributed by atoms with Crippen molar-refractivity contribution in [3.63, 3.8) is 0 Å². The maximum atomic E-state index is 12.6. The van der Waals surface area contributed by atoms with E-state index < -0.39 is 0 Å². The molecule has 118 valence electrons. The first-order valence-electron chi connectivity index (χ1n) is 7.89. The number of nitrogens with one attached hydrogen (secondary N) is 1. The Bertz CT molecular complexity index is 964. The normalized spacial score (nSPS) is 14.9. The van der Waals surface area contributed by atoms with Crippen LogP contribution in [0.3, 0.4) is 0 Å². The number of fused-ring (bicyclic) bond motifs is 3. The first-order valence-corrected chi connectivity index (χ1v) is 7.89. The van der Waals surface area contributed by atoms with E-state index in [1.54, 1.807) is 11.1 Å². The molecule has 2 aromatic heterocycles. The number of nitrogens with zero attached hydrogens (tertiary/aromatic N) is 3. The van der Waals surface area contributed by atoms with Gasteiger partial charge in [-0.1, -0.05) is 11.6 Å². The van der Waals surface area contributed by atoms with Crippen LogP contribution in [0.1, 0.15) is 18.4 Å². The zero-order chi connectivity index (χ0) is 16.0. The van der Waals surface area contributed by atoms with Crippen molar-refractivity contribution >= 4 is 27.7 Å². The van der Waals surface area contributed by atoms with Gasteiger partial charge in [-0.25, -0.2) is 4.68 Å². The van der Waals surface area contributed by atoms with Crippen molar-refractivity contribution in [1.29, 1.82) is 0 Å². The van der Waals surface area contributed by atoms with Gasteiger partial charge in [0.1, 0.15) is 12.1 Å². The van der Waals surface area contributed by atoms with E-state index in [9.17, 15) is 9.59 Å². The number of H-pyrrole nitrogens is 1. The van der Waals surface area contributed by atoms with Crippen LogP contribution < -0.4 is 5.56 Å². The first-order chi connectivity index (χ1) is 11.1. The monoisotopic (exact) mass is 310 g/mol. The van der Waals surface area contributed by atoms with Crippen molar-refractivity contribution < 1.29 is 4.79 Å². The second kappa shape index (κ2) is 5.22. The molecule has 0 radical (unpaired) electrons. The molecule has 1 aliphatic rings. The lowest BCUT2D eigenvalue weighted by Gasteiger charge is -2.15. The van der Waals surface area contributed by atoms with Crippen LogP contribution in [0.2, 0.25) is 0 Å². The standard InChI is InChI=1S/C17H18N4O2/c1-11-4-5-14-12(8-11)13-9-18-21(17(23)16(13)19-14)10-15(22)20-6-2-3-7-20/h4-5,8-9,19H,2-3,6-7,10H2,1H3. The minimum absolute atomic E-state index is 0.00314. The lowest BCUT2D eigenvalue weighted by molar-refractivity contribution is -0.131. The SMILES string of the molecule is Cc1ccc2[nH]c3c(=O)n(CC(=O)N4CCCC4)ncc3c2c1. The molecule has 1 N–H and O–H groups in total. The molecule has 0 saturated carbocycles. The third-order valence-electron chi connectivity index (χ3n) is 4.51. The van der Waals surface area contributed by atoms with Gasteiger partial charge in [-0.15, -0.1) is 0 Å². The molecule has 6 nitrogen and oxygen atoms in total. The molecule has 0 unspecified atom stereocenters. The van der Waals surface area contributed by atoms with Crippen LogP contribution >= 0.6 is 0 Å². The molecule has 1 fully saturated rings. The summed E-state index contributed by atoms with van der Waals surface area (Å²) in [5.74, 6) is -0.0385. The van der Waals surface area contributed by atoms with Crippen LogP contribution in [0, 0.1) is 6.92 Å². The number of amides is 1. The van der Waals surface area contributed by atoms with Crippen molar-refractivity contribution in [3.8, 4) is 0 Å². The summed E-state index contributed by atoms with van der Waals surface area (Å²) in [5, 5.41) is 6.00. The summed E-state index contributed by atoms with van der Waals surface area (Å²) in [7, 11) is 0. The van der Waals surface area contributed by atoms with Crippen LogP contribution in [0.4, 0.5) is 0 Å². The molecule has 0 aliphatic carbocycles. The highest BCUT2D eigenvalue weighted by atomic mass is 16.2. The van der Waals surface area contributed by atoms with Crippen molar-refractivity contribution in [3.05, 3.63) is 40.3 Å². The molecule has 23 heavy (non-hydrogen) atoms. The highest BCUT2D eigenvalue weighted by molar-refractivity contribution is 6.06. The molecule has 6 heteroatoms. The molecule has 1 aliphatic heterocycles. The second-order valence-electron chi connectivity index (χ2n) is 6.16. The summed E-state index contributed by atoms with van der Waals surface area (Å²) in [6, 6.07) is 6.00. The number of benzene rings is 1. The summed E-state index contributed by atoms with van der Waals surface area (Å²) in [4.78, 5) is 29.8. The number of aromatic nitrogens is 3. The summed E-state index contributed by atoms with van der Waals surface area (Å²) in [5.41, 5.74) is 2.30. The van der Waals surface area contributed by atoms with Crippen LogP contribution in [-0.4, -0.2) is 38.7 Å². The van der Waals surface area contributed by atoms with Crippen molar-refractivity contribution in [2.45, 2.75) is 26.3 Å². The lowest BCUT2D eigenvalue weighted by atomic mass is 10.1. The highest BCUT2D eigenvalue weighted by Crippen LogP contribution is 2.23. The van der Waals surface area contributed by atoms with E-state index in [0.717, 1.165) is 47.8 Å². The van der Waals surface area contributed by atoms with Gasteiger partial charge in [0.2, 0.25) is 5.91 Å². The number of aromatic amines is 1. The topological polar surface area (TPSA) is 71.0 Å². The van der Waals surface area contributed by atoms with Crippen molar-refractivity contribution in [2.75, 3.05) is 13.1 Å². The van der Waals surface area contributed by atoms with Gasteiger partial charge in [-0.05, 0) is 31.9 Å². The molecule has 3 heterocycles. The van der Waals surface area contributed by atoms with Gasteiger partial charge < -0.3 is 9.88 Å². The number of rotatable bonds is 2. The number of carbonyl (C=O) groups excluding carboxylic acids is 1. The molecule has 3 aromatic rings. The molecule has 1 aromatic carbocycles. The Morgan fingerprint density at radius 2 is 2.04 bits per heavy atom. The Morgan fingerprint density at radius 1 is 1.26 bits per heavy atom. The third-order valence-corrected chi connectivity index (χ3v) is 4.51. The predicted octanol–water partition coefficient (Wildman–Crippen LogP) is 1.81. The first kappa shape index (κ1) is 14.0. The van der Waals surface area contributed by atoms with Crippen molar-refractivity contribution in [2.24, 2.45) is 0 Å². The molecule has 1 amide bonds. The minimum Gasteiger partial charge on any atom is -0.350 e. The predicted molar refractivity (Wildman–Crippen MR) is 88.4 cm³/mol. The summed E-state index contributed by atoms with van der Waals surface area (Å²) < 4.78 is 1.26. The minimum atomic E-state index is -0.246. The summed E-state index contributed by atoms with van der Waals surface area (Å²) in [6.45, 7) is 3.58. The Kier molecular flexibility index (Phi) is 3.18. The van der Waals surface area contributed by atoms with E-state index in [2.05, 4.69) is 10.1 Å². The van der Waals surface area contributed by atoms with Gasteiger partial charge in [-0.2, -0.15) is 5.10 Å². The smallest absolute Gasteiger partial charge is 0.291 e. The fourth-order valence-corrected chi connectivity index (χ4v) is 3.25. The van der Waals surface area contributed by atoms with Crippen LogP contribution in [0.5, 0.6) is 0 Å². The fourth-order valence-electron chi connectivity index (χ4n) is 3.25. The van der Waals surface area contributed by atoms with Gasteiger partial charge in [-0.3, -0.25) is 9.59 Å². The Labute approximate surface area is 132 Å². The maximum absolute atomic E-state index is 12.6.